The monoisotopic (exact) mass is 364 g/mol. The Bertz CT molecular complexity index is 528. The molecule has 1 aliphatic heterocycles. The molecular formula is C11H13IN2O4. The predicted octanol–water partition coefficient (Wildman–Crippen LogP) is 0.789. The molecule has 2 heterocycles. The fourth-order valence-electron chi connectivity index (χ4n) is 1.92. The Balaban J connectivity index is 2.10. The third kappa shape index (κ3) is 2.72. The molecule has 0 aromatic carbocycles. The van der Waals surface area contributed by atoms with Crippen LogP contribution in [0.1, 0.15) is 18.5 Å². The second kappa shape index (κ2) is 5.35. The van der Waals surface area contributed by atoms with E-state index in [0.29, 0.717) is 28.7 Å². The molecule has 98 valence electrons. The lowest BCUT2D eigenvalue weighted by molar-refractivity contribution is -0.149. The molecule has 1 saturated heterocycles. The van der Waals surface area contributed by atoms with E-state index in [1.54, 1.807) is 6.92 Å². The van der Waals surface area contributed by atoms with Crippen molar-refractivity contribution in [2.24, 2.45) is 0 Å². The van der Waals surface area contributed by atoms with Crippen molar-refractivity contribution in [3.05, 3.63) is 25.9 Å². The van der Waals surface area contributed by atoms with Crippen LogP contribution in [0, 0.1) is 10.5 Å². The molecule has 2 atom stereocenters. The first-order chi connectivity index (χ1) is 8.49. The average molecular weight is 364 g/mol. The van der Waals surface area contributed by atoms with Gasteiger partial charge in [0.05, 0.1) is 28.2 Å². The number of aliphatic carboxylic acids is 1. The van der Waals surface area contributed by atoms with Crippen molar-refractivity contribution < 1.29 is 14.6 Å². The van der Waals surface area contributed by atoms with Crippen molar-refractivity contribution in [1.82, 2.24) is 9.55 Å². The van der Waals surface area contributed by atoms with Gasteiger partial charge in [-0.3, -0.25) is 9.36 Å². The largest absolute Gasteiger partial charge is 0.479 e. The summed E-state index contributed by atoms with van der Waals surface area (Å²) in [5.74, 6) is -0.943. The molecule has 1 N–H and O–H groups in total. The zero-order chi connectivity index (χ0) is 13.3. The minimum Gasteiger partial charge on any atom is -0.479 e. The summed E-state index contributed by atoms with van der Waals surface area (Å²) in [5.41, 5.74) is 0.595. The van der Waals surface area contributed by atoms with E-state index in [4.69, 9.17) is 9.84 Å². The Morgan fingerprint density at radius 2 is 2.39 bits per heavy atom. The summed E-state index contributed by atoms with van der Waals surface area (Å²) in [4.78, 5) is 26.8. The Kier molecular flexibility index (Phi) is 4.00. The van der Waals surface area contributed by atoms with Crippen molar-refractivity contribution >= 4 is 28.6 Å². The van der Waals surface area contributed by atoms with Crippen molar-refractivity contribution in [2.45, 2.75) is 38.5 Å². The molecule has 2 rings (SSSR count). The predicted molar refractivity (Wildman–Crippen MR) is 71.5 cm³/mol. The molecule has 0 spiro atoms. The summed E-state index contributed by atoms with van der Waals surface area (Å²) in [7, 11) is 0. The van der Waals surface area contributed by atoms with Gasteiger partial charge in [-0.1, -0.05) is 0 Å². The van der Waals surface area contributed by atoms with Gasteiger partial charge in [0.15, 0.2) is 6.10 Å². The number of nitrogens with zero attached hydrogens (tertiary/aromatic N) is 2. The number of halogens is 1. The zero-order valence-corrected chi connectivity index (χ0v) is 12.0. The molecule has 1 aliphatic rings. The van der Waals surface area contributed by atoms with Gasteiger partial charge in [-0.15, -0.1) is 0 Å². The number of carbonyl (C=O) groups is 1. The third-order valence-electron chi connectivity index (χ3n) is 2.94. The fourth-order valence-corrected chi connectivity index (χ4v) is 2.37. The van der Waals surface area contributed by atoms with Gasteiger partial charge < -0.3 is 9.84 Å². The number of aromatic nitrogens is 2. The molecule has 0 radical (unpaired) electrons. The van der Waals surface area contributed by atoms with Crippen molar-refractivity contribution in [3.63, 3.8) is 0 Å². The SMILES string of the molecule is Cc1ncn(CC2CCC(C(=O)O)O2)c(=O)c1I. The standard InChI is InChI=1S/C11H13IN2O4/c1-6-9(12)10(15)14(5-13-6)4-7-2-3-8(18-7)11(16)17/h5,7-8H,2-4H2,1H3,(H,16,17). The normalized spacial score (nSPS) is 23.2. The van der Waals surface area contributed by atoms with E-state index in [1.807, 2.05) is 22.6 Å². The minimum absolute atomic E-state index is 0.106. The van der Waals surface area contributed by atoms with Crippen LogP contribution in [0.4, 0.5) is 0 Å². The van der Waals surface area contributed by atoms with Crippen LogP contribution in [0.25, 0.3) is 0 Å². The molecular weight excluding hydrogens is 351 g/mol. The summed E-state index contributed by atoms with van der Waals surface area (Å²) >= 11 is 1.96. The van der Waals surface area contributed by atoms with Gasteiger partial charge in [0.25, 0.3) is 5.56 Å². The fraction of sp³-hybridized carbons (Fsp3) is 0.545. The highest BCUT2D eigenvalue weighted by Gasteiger charge is 2.30. The molecule has 0 aliphatic carbocycles. The van der Waals surface area contributed by atoms with Gasteiger partial charge >= 0.3 is 5.97 Å². The van der Waals surface area contributed by atoms with Crippen LogP contribution in [0.3, 0.4) is 0 Å². The number of hydrogen-bond donors (Lipinski definition) is 1. The van der Waals surface area contributed by atoms with Crippen LogP contribution in [-0.4, -0.2) is 32.8 Å². The summed E-state index contributed by atoms with van der Waals surface area (Å²) in [6.45, 7) is 2.13. The van der Waals surface area contributed by atoms with Crippen LogP contribution >= 0.6 is 22.6 Å². The minimum atomic E-state index is -0.943. The number of ether oxygens (including phenoxy) is 1. The maximum absolute atomic E-state index is 11.9. The highest BCUT2D eigenvalue weighted by Crippen LogP contribution is 2.20. The van der Waals surface area contributed by atoms with Crippen LogP contribution in [0.2, 0.25) is 0 Å². The Morgan fingerprint density at radius 3 is 3.00 bits per heavy atom. The average Bonchev–Trinajstić information content (AvgIpc) is 2.79. The van der Waals surface area contributed by atoms with Gasteiger partial charge in [-0.05, 0) is 42.4 Å². The number of rotatable bonds is 3. The van der Waals surface area contributed by atoms with Crippen molar-refractivity contribution in [2.75, 3.05) is 0 Å². The Labute approximate surface area is 117 Å². The lowest BCUT2D eigenvalue weighted by atomic mass is 10.2. The summed E-state index contributed by atoms with van der Waals surface area (Å²) in [6, 6.07) is 0. The smallest absolute Gasteiger partial charge is 0.332 e. The van der Waals surface area contributed by atoms with Crippen LogP contribution < -0.4 is 5.56 Å². The molecule has 7 heteroatoms. The Morgan fingerprint density at radius 1 is 1.67 bits per heavy atom. The summed E-state index contributed by atoms with van der Waals surface area (Å²) in [5, 5.41) is 8.83. The number of carboxylic acids is 1. The highest BCUT2D eigenvalue weighted by molar-refractivity contribution is 14.1. The first-order valence-corrected chi connectivity index (χ1v) is 6.66. The zero-order valence-electron chi connectivity index (χ0n) is 9.80. The molecule has 0 amide bonds. The van der Waals surface area contributed by atoms with Gasteiger partial charge in [0.2, 0.25) is 0 Å². The van der Waals surface area contributed by atoms with Gasteiger partial charge in [0, 0.05) is 0 Å². The quantitative estimate of drug-likeness (QED) is 0.803. The maximum Gasteiger partial charge on any atom is 0.332 e. The highest BCUT2D eigenvalue weighted by atomic mass is 127. The number of carboxylic acid groups (broad SMARTS) is 1. The topological polar surface area (TPSA) is 81.4 Å². The molecule has 1 fully saturated rings. The molecule has 2 unspecified atom stereocenters. The first kappa shape index (κ1) is 13.5. The van der Waals surface area contributed by atoms with E-state index in [-0.39, 0.29) is 11.7 Å². The second-order valence-corrected chi connectivity index (χ2v) is 5.34. The van der Waals surface area contributed by atoms with Gasteiger partial charge in [-0.2, -0.15) is 0 Å². The first-order valence-electron chi connectivity index (χ1n) is 5.59. The van der Waals surface area contributed by atoms with E-state index < -0.39 is 12.1 Å². The van der Waals surface area contributed by atoms with E-state index in [0.717, 1.165) is 0 Å². The molecule has 0 saturated carbocycles. The molecule has 1 aromatic heterocycles. The second-order valence-electron chi connectivity index (χ2n) is 4.26. The Hall–Kier alpha value is -0.960. The van der Waals surface area contributed by atoms with E-state index in [1.165, 1.54) is 10.9 Å². The van der Waals surface area contributed by atoms with Gasteiger partial charge in [0.1, 0.15) is 0 Å². The number of hydrogen-bond acceptors (Lipinski definition) is 4. The van der Waals surface area contributed by atoms with E-state index in [2.05, 4.69) is 4.98 Å². The third-order valence-corrected chi connectivity index (χ3v) is 4.18. The van der Waals surface area contributed by atoms with Crippen molar-refractivity contribution in [3.8, 4) is 0 Å². The lowest BCUT2D eigenvalue weighted by Crippen LogP contribution is -2.30. The summed E-state index contributed by atoms with van der Waals surface area (Å²) < 4.78 is 7.42. The van der Waals surface area contributed by atoms with E-state index >= 15 is 0 Å². The van der Waals surface area contributed by atoms with Crippen molar-refractivity contribution in [1.29, 1.82) is 0 Å². The number of aryl methyl sites for hydroxylation is 1. The molecule has 1 aromatic rings. The maximum atomic E-state index is 11.9. The molecule has 0 bridgehead atoms. The van der Waals surface area contributed by atoms with Crippen LogP contribution in [0.15, 0.2) is 11.1 Å². The molecule has 18 heavy (non-hydrogen) atoms. The van der Waals surface area contributed by atoms with Gasteiger partial charge in [-0.25, -0.2) is 9.78 Å². The summed E-state index contributed by atoms with van der Waals surface area (Å²) in [6.07, 6.45) is 1.64. The molecule has 6 nitrogen and oxygen atoms in total. The van der Waals surface area contributed by atoms with Crippen LogP contribution in [-0.2, 0) is 16.1 Å². The van der Waals surface area contributed by atoms with Crippen LogP contribution in [0.5, 0.6) is 0 Å². The van der Waals surface area contributed by atoms with E-state index in [9.17, 15) is 9.59 Å². The lowest BCUT2D eigenvalue weighted by Gasteiger charge is -2.13.